The van der Waals surface area contributed by atoms with Gasteiger partial charge in [-0.1, -0.05) is 19.9 Å². The van der Waals surface area contributed by atoms with Crippen LogP contribution >= 0.6 is 15.9 Å². The van der Waals surface area contributed by atoms with Crippen molar-refractivity contribution >= 4 is 21.6 Å². The van der Waals surface area contributed by atoms with E-state index >= 15 is 0 Å². The molecule has 3 heteroatoms. The van der Waals surface area contributed by atoms with Gasteiger partial charge < -0.3 is 5.32 Å². The van der Waals surface area contributed by atoms with Gasteiger partial charge in [-0.25, -0.2) is 0 Å². The number of anilines is 1. The van der Waals surface area contributed by atoms with E-state index < -0.39 is 0 Å². The summed E-state index contributed by atoms with van der Waals surface area (Å²) in [6.07, 6.45) is 0.858. The highest BCUT2D eigenvalue weighted by atomic mass is 79.9. The van der Waals surface area contributed by atoms with Crippen molar-refractivity contribution in [3.8, 4) is 6.07 Å². The Labute approximate surface area is 106 Å². The molecule has 1 aromatic rings. The lowest BCUT2D eigenvalue weighted by molar-refractivity contribution is 0.568. The molecule has 0 bridgehead atoms. The van der Waals surface area contributed by atoms with Gasteiger partial charge in [-0.2, -0.15) is 5.26 Å². The highest BCUT2D eigenvalue weighted by Crippen LogP contribution is 2.24. The van der Waals surface area contributed by atoms with Gasteiger partial charge in [0.25, 0.3) is 0 Å². The number of rotatable bonds is 4. The quantitative estimate of drug-likeness (QED) is 0.901. The molecule has 0 saturated heterocycles. The fraction of sp³-hybridized carbons (Fsp3) is 0.462. The first-order valence-electron chi connectivity index (χ1n) is 5.45. The van der Waals surface area contributed by atoms with Gasteiger partial charge >= 0.3 is 0 Å². The molecule has 0 radical (unpaired) electrons. The summed E-state index contributed by atoms with van der Waals surface area (Å²) in [6, 6.07) is 8.26. The van der Waals surface area contributed by atoms with Crippen molar-refractivity contribution in [2.24, 2.45) is 5.92 Å². The van der Waals surface area contributed by atoms with Gasteiger partial charge in [-0.15, -0.1) is 0 Å². The van der Waals surface area contributed by atoms with Crippen LogP contribution in [0.15, 0.2) is 22.7 Å². The Morgan fingerprint density at radius 2 is 2.12 bits per heavy atom. The first-order chi connectivity index (χ1) is 7.52. The lowest BCUT2D eigenvalue weighted by atomic mass is 10.0. The van der Waals surface area contributed by atoms with Crippen LogP contribution in [0.4, 0.5) is 5.69 Å². The van der Waals surface area contributed by atoms with Crippen LogP contribution in [0.1, 0.15) is 25.8 Å². The third-order valence-corrected chi connectivity index (χ3v) is 2.97. The lowest BCUT2D eigenvalue weighted by Crippen LogP contribution is -2.19. The van der Waals surface area contributed by atoms with E-state index in [4.69, 9.17) is 5.26 Å². The van der Waals surface area contributed by atoms with Crippen LogP contribution in [0.5, 0.6) is 0 Å². The maximum Gasteiger partial charge on any atom is 0.114 e. The van der Waals surface area contributed by atoms with Crippen molar-refractivity contribution in [1.82, 2.24) is 0 Å². The summed E-state index contributed by atoms with van der Waals surface area (Å²) >= 11 is 3.50. The van der Waals surface area contributed by atoms with Crippen LogP contribution in [0.25, 0.3) is 0 Å². The summed E-state index contributed by atoms with van der Waals surface area (Å²) in [6.45, 7) is 6.29. The molecule has 0 aromatic heterocycles. The maximum absolute atomic E-state index is 9.05. The zero-order valence-corrected chi connectivity index (χ0v) is 11.5. The molecule has 16 heavy (non-hydrogen) atoms. The monoisotopic (exact) mass is 280 g/mol. The number of halogens is 1. The Balaban J connectivity index is 2.75. The second-order valence-electron chi connectivity index (χ2n) is 4.44. The van der Waals surface area contributed by atoms with E-state index in [1.54, 1.807) is 0 Å². The summed E-state index contributed by atoms with van der Waals surface area (Å²) in [4.78, 5) is 0. The number of aryl methyl sites for hydroxylation is 1. The molecule has 0 heterocycles. The van der Waals surface area contributed by atoms with E-state index in [2.05, 4.69) is 41.2 Å². The summed E-state index contributed by atoms with van der Waals surface area (Å²) in [5.74, 6) is 0.515. The maximum atomic E-state index is 9.05. The molecule has 1 aromatic carbocycles. The standard InChI is InChI=1S/C13H17BrN2/c1-9(2)6-11(8-15)16-13-5-4-10(3)7-12(13)14/h4-5,7,9,11,16H,6H2,1-3H3. The molecule has 0 aliphatic rings. The van der Waals surface area contributed by atoms with E-state index in [1.807, 2.05) is 25.1 Å². The van der Waals surface area contributed by atoms with Crippen LogP contribution in [-0.4, -0.2) is 6.04 Å². The van der Waals surface area contributed by atoms with E-state index in [0.29, 0.717) is 5.92 Å². The summed E-state index contributed by atoms with van der Waals surface area (Å²) in [5, 5.41) is 12.3. The molecular formula is C13H17BrN2. The van der Waals surface area contributed by atoms with E-state index in [1.165, 1.54) is 5.56 Å². The number of benzene rings is 1. The predicted octanol–water partition coefficient (Wildman–Crippen LogP) is 4.11. The first kappa shape index (κ1) is 13.1. The molecule has 0 aliphatic heterocycles. The molecule has 0 amide bonds. The van der Waals surface area contributed by atoms with Crippen molar-refractivity contribution in [3.63, 3.8) is 0 Å². The van der Waals surface area contributed by atoms with Crippen LogP contribution < -0.4 is 5.32 Å². The number of nitrogens with one attached hydrogen (secondary N) is 1. The highest BCUT2D eigenvalue weighted by molar-refractivity contribution is 9.10. The Hall–Kier alpha value is -1.01. The molecule has 2 nitrogen and oxygen atoms in total. The molecule has 86 valence electrons. The molecular weight excluding hydrogens is 264 g/mol. The fourth-order valence-corrected chi connectivity index (χ4v) is 2.15. The molecule has 0 aliphatic carbocycles. The van der Waals surface area contributed by atoms with Crippen molar-refractivity contribution < 1.29 is 0 Å². The van der Waals surface area contributed by atoms with Gasteiger partial charge in [0.2, 0.25) is 0 Å². The van der Waals surface area contributed by atoms with Gasteiger partial charge in [0.05, 0.1) is 6.07 Å². The van der Waals surface area contributed by atoms with Gasteiger partial charge in [0, 0.05) is 10.2 Å². The minimum Gasteiger partial charge on any atom is -0.369 e. The fourth-order valence-electron chi connectivity index (χ4n) is 1.54. The van der Waals surface area contributed by atoms with Crippen LogP contribution in [0.3, 0.4) is 0 Å². The van der Waals surface area contributed by atoms with E-state index in [9.17, 15) is 0 Å². The number of nitrogens with zero attached hydrogens (tertiary/aromatic N) is 1. The number of hydrogen-bond acceptors (Lipinski definition) is 2. The van der Waals surface area contributed by atoms with Crippen molar-refractivity contribution in [3.05, 3.63) is 28.2 Å². The zero-order valence-electron chi connectivity index (χ0n) is 9.92. The van der Waals surface area contributed by atoms with Crippen molar-refractivity contribution in [2.45, 2.75) is 33.2 Å². The Morgan fingerprint density at radius 1 is 1.44 bits per heavy atom. The van der Waals surface area contributed by atoms with Crippen LogP contribution in [0, 0.1) is 24.2 Å². The van der Waals surface area contributed by atoms with E-state index in [-0.39, 0.29) is 6.04 Å². The topological polar surface area (TPSA) is 35.8 Å². The Bertz CT molecular complexity index is 393. The summed E-state index contributed by atoms with van der Waals surface area (Å²) in [7, 11) is 0. The van der Waals surface area contributed by atoms with E-state index in [0.717, 1.165) is 16.6 Å². The Morgan fingerprint density at radius 3 is 2.62 bits per heavy atom. The van der Waals surface area contributed by atoms with Crippen LogP contribution in [0.2, 0.25) is 0 Å². The highest BCUT2D eigenvalue weighted by Gasteiger charge is 2.10. The lowest BCUT2D eigenvalue weighted by Gasteiger charge is -2.16. The van der Waals surface area contributed by atoms with Crippen molar-refractivity contribution in [2.75, 3.05) is 5.32 Å². The first-order valence-corrected chi connectivity index (χ1v) is 6.24. The van der Waals surface area contributed by atoms with Gasteiger partial charge in [0.1, 0.15) is 6.04 Å². The smallest absolute Gasteiger partial charge is 0.114 e. The summed E-state index contributed by atoms with van der Waals surface area (Å²) in [5.41, 5.74) is 2.19. The van der Waals surface area contributed by atoms with Crippen molar-refractivity contribution in [1.29, 1.82) is 5.26 Å². The number of hydrogen-bond donors (Lipinski definition) is 1. The zero-order chi connectivity index (χ0) is 12.1. The molecule has 1 N–H and O–H groups in total. The largest absolute Gasteiger partial charge is 0.369 e. The molecule has 0 saturated carbocycles. The van der Waals surface area contributed by atoms with Gasteiger partial charge in [-0.05, 0) is 52.9 Å². The average Bonchev–Trinajstić information content (AvgIpc) is 2.20. The second-order valence-corrected chi connectivity index (χ2v) is 5.29. The minimum atomic E-state index is -0.126. The summed E-state index contributed by atoms with van der Waals surface area (Å²) < 4.78 is 1.01. The minimum absolute atomic E-state index is 0.126. The van der Waals surface area contributed by atoms with Gasteiger partial charge in [-0.3, -0.25) is 0 Å². The van der Waals surface area contributed by atoms with Crippen LogP contribution in [-0.2, 0) is 0 Å². The molecule has 1 rings (SSSR count). The average molecular weight is 281 g/mol. The third kappa shape index (κ3) is 3.86. The molecule has 0 fully saturated rings. The molecule has 1 unspecified atom stereocenters. The SMILES string of the molecule is Cc1ccc(NC(C#N)CC(C)C)c(Br)c1. The number of nitriles is 1. The third-order valence-electron chi connectivity index (χ3n) is 2.32. The predicted molar refractivity (Wildman–Crippen MR) is 71.4 cm³/mol. The molecule has 1 atom stereocenters. The second kappa shape index (κ2) is 5.91. The van der Waals surface area contributed by atoms with Gasteiger partial charge in [0.15, 0.2) is 0 Å². The normalized spacial score (nSPS) is 12.2. The Kier molecular flexibility index (Phi) is 4.82. The molecule has 0 spiro atoms.